The number of hydrogen-bond acceptors (Lipinski definition) is 4. The second-order valence-electron chi connectivity index (χ2n) is 7.60. The molecule has 138 valence electrons. The van der Waals surface area contributed by atoms with Gasteiger partial charge in [-0.2, -0.15) is 0 Å². The number of hydrogen-bond donors (Lipinski definition) is 1. The number of amides is 1. The third kappa shape index (κ3) is 3.71. The zero-order valence-corrected chi connectivity index (χ0v) is 16.1. The maximum atomic E-state index is 11.6. The average Bonchev–Trinajstić information content (AvgIpc) is 2.80. The number of nitrogens with one attached hydrogen (secondary N) is 1. The van der Waals surface area contributed by atoms with Crippen molar-refractivity contribution in [1.29, 1.82) is 0 Å². The van der Waals surface area contributed by atoms with Gasteiger partial charge in [0.05, 0.1) is 11.2 Å². The zero-order chi connectivity index (χ0) is 18.9. The first-order valence-electron chi connectivity index (χ1n) is 9.01. The van der Waals surface area contributed by atoms with Crippen molar-refractivity contribution < 1.29 is 18.8 Å². The van der Waals surface area contributed by atoms with Gasteiger partial charge in [0, 0.05) is 6.54 Å². The highest BCUT2D eigenvalue weighted by molar-refractivity contribution is 6.62. The first-order valence-corrected chi connectivity index (χ1v) is 9.01. The van der Waals surface area contributed by atoms with Crippen LogP contribution in [0.3, 0.4) is 0 Å². The normalized spacial score (nSPS) is 18.1. The number of likely N-dealkylation sites (N-methyl/N-ethyl adjacent to an activating group) is 1. The lowest BCUT2D eigenvalue weighted by molar-refractivity contribution is -0.122. The highest BCUT2D eigenvalue weighted by atomic mass is 16.7. The smallest absolute Gasteiger partial charge is 0.484 e. The van der Waals surface area contributed by atoms with Crippen molar-refractivity contribution >= 4 is 29.3 Å². The Labute approximate surface area is 155 Å². The van der Waals surface area contributed by atoms with E-state index in [1.807, 2.05) is 65.0 Å². The van der Waals surface area contributed by atoms with Gasteiger partial charge in [0.25, 0.3) is 5.91 Å². The Hall–Kier alpha value is -2.05. The average molecular weight is 355 g/mol. The van der Waals surface area contributed by atoms with Crippen molar-refractivity contribution in [2.45, 2.75) is 45.8 Å². The highest BCUT2D eigenvalue weighted by Gasteiger charge is 2.51. The summed E-state index contributed by atoms with van der Waals surface area (Å²) in [6, 6.07) is 11.9. The maximum Gasteiger partial charge on any atom is 0.494 e. The molecule has 0 spiro atoms. The first kappa shape index (κ1) is 18.7. The van der Waals surface area contributed by atoms with Crippen molar-refractivity contribution in [2.24, 2.45) is 0 Å². The molecule has 0 saturated carbocycles. The van der Waals surface area contributed by atoms with Gasteiger partial charge in [-0.15, -0.1) is 0 Å². The molecule has 0 aromatic heterocycles. The standard InChI is InChI=1S/C20H26BNO4/c1-6-22-18(23)13-24-17-10-8-14-7-9-16(11-15(14)12-17)21-25-19(2,3)20(4,5)26-21/h7-12H,6,13H2,1-5H3,(H,22,23). The molecule has 0 unspecified atom stereocenters. The topological polar surface area (TPSA) is 56.8 Å². The van der Waals surface area contributed by atoms with Gasteiger partial charge in [-0.05, 0) is 63.0 Å². The van der Waals surface area contributed by atoms with Gasteiger partial charge in [-0.1, -0.05) is 24.3 Å². The fourth-order valence-electron chi connectivity index (χ4n) is 2.86. The van der Waals surface area contributed by atoms with E-state index in [0.717, 1.165) is 16.2 Å². The predicted molar refractivity (Wildman–Crippen MR) is 104 cm³/mol. The number of carbonyl (C=O) groups is 1. The quantitative estimate of drug-likeness (QED) is 0.838. The summed E-state index contributed by atoms with van der Waals surface area (Å²) in [6.07, 6.45) is 0. The Morgan fingerprint density at radius 3 is 2.35 bits per heavy atom. The Morgan fingerprint density at radius 2 is 1.69 bits per heavy atom. The molecule has 0 aliphatic carbocycles. The van der Waals surface area contributed by atoms with Gasteiger partial charge in [0.2, 0.25) is 0 Å². The minimum atomic E-state index is -0.399. The van der Waals surface area contributed by atoms with Crippen LogP contribution >= 0.6 is 0 Å². The van der Waals surface area contributed by atoms with Gasteiger partial charge < -0.3 is 19.4 Å². The number of benzene rings is 2. The molecule has 1 heterocycles. The molecule has 1 aliphatic heterocycles. The summed E-state index contributed by atoms with van der Waals surface area (Å²) in [6.45, 7) is 10.7. The third-order valence-electron chi connectivity index (χ3n) is 5.11. The van der Waals surface area contributed by atoms with Gasteiger partial charge in [0.1, 0.15) is 5.75 Å². The molecule has 5 nitrogen and oxygen atoms in total. The molecule has 1 saturated heterocycles. The Morgan fingerprint density at radius 1 is 1.04 bits per heavy atom. The van der Waals surface area contributed by atoms with Crippen molar-refractivity contribution in [3.05, 3.63) is 36.4 Å². The van der Waals surface area contributed by atoms with Crippen LogP contribution in [-0.4, -0.2) is 37.4 Å². The van der Waals surface area contributed by atoms with E-state index in [-0.39, 0.29) is 23.7 Å². The van der Waals surface area contributed by atoms with E-state index in [2.05, 4.69) is 11.4 Å². The minimum absolute atomic E-state index is 0.0102. The van der Waals surface area contributed by atoms with Crippen molar-refractivity contribution in [3.8, 4) is 5.75 Å². The predicted octanol–water partition coefficient (Wildman–Crippen LogP) is 2.65. The van der Waals surface area contributed by atoms with E-state index in [1.54, 1.807) is 0 Å². The monoisotopic (exact) mass is 355 g/mol. The molecule has 0 atom stereocenters. The number of carbonyl (C=O) groups excluding carboxylic acids is 1. The Bertz CT molecular complexity index is 803. The lowest BCUT2D eigenvalue weighted by atomic mass is 9.78. The minimum Gasteiger partial charge on any atom is -0.484 e. The summed E-state index contributed by atoms with van der Waals surface area (Å²) in [5.41, 5.74) is 0.228. The van der Waals surface area contributed by atoms with Crippen molar-refractivity contribution in [1.82, 2.24) is 5.32 Å². The largest absolute Gasteiger partial charge is 0.494 e. The Balaban J connectivity index is 1.81. The fourth-order valence-corrected chi connectivity index (χ4v) is 2.86. The number of fused-ring (bicyclic) bond motifs is 1. The molecule has 2 aromatic carbocycles. The molecule has 0 radical (unpaired) electrons. The maximum absolute atomic E-state index is 11.6. The zero-order valence-electron chi connectivity index (χ0n) is 16.1. The second-order valence-corrected chi connectivity index (χ2v) is 7.60. The molecule has 1 fully saturated rings. The fraction of sp³-hybridized carbons (Fsp3) is 0.450. The second kappa shape index (κ2) is 6.93. The Kier molecular flexibility index (Phi) is 4.99. The summed E-state index contributed by atoms with van der Waals surface area (Å²) >= 11 is 0. The van der Waals surface area contributed by atoms with Crippen LogP contribution in [0.1, 0.15) is 34.6 Å². The van der Waals surface area contributed by atoms with Gasteiger partial charge in [0.15, 0.2) is 6.61 Å². The first-order chi connectivity index (χ1) is 12.2. The van der Waals surface area contributed by atoms with Crippen LogP contribution in [0.5, 0.6) is 5.75 Å². The molecule has 3 rings (SSSR count). The molecular weight excluding hydrogens is 329 g/mol. The van der Waals surface area contributed by atoms with Crippen LogP contribution in [0.15, 0.2) is 36.4 Å². The molecule has 26 heavy (non-hydrogen) atoms. The van der Waals surface area contributed by atoms with Crippen LogP contribution in [0, 0.1) is 0 Å². The van der Waals surface area contributed by atoms with E-state index in [9.17, 15) is 4.79 Å². The van der Waals surface area contributed by atoms with Gasteiger partial charge >= 0.3 is 7.12 Å². The molecule has 6 heteroatoms. The van der Waals surface area contributed by atoms with E-state index in [1.165, 1.54) is 0 Å². The van der Waals surface area contributed by atoms with Crippen LogP contribution in [0.25, 0.3) is 10.8 Å². The van der Waals surface area contributed by atoms with E-state index in [0.29, 0.717) is 12.3 Å². The lowest BCUT2D eigenvalue weighted by Gasteiger charge is -2.32. The van der Waals surface area contributed by atoms with Gasteiger partial charge in [-0.3, -0.25) is 4.79 Å². The summed E-state index contributed by atoms with van der Waals surface area (Å²) in [5.74, 6) is 0.536. The van der Waals surface area contributed by atoms with E-state index < -0.39 is 7.12 Å². The summed E-state index contributed by atoms with van der Waals surface area (Å²) in [7, 11) is -0.399. The van der Waals surface area contributed by atoms with Crippen molar-refractivity contribution in [3.63, 3.8) is 0 Å². The van der Waals surface area contributed by atoms with Crippen molar-refractivity contribution in [2.75, 3.05) is 13.2 Å². The number of ether oxygens (including phenoxy) is 1. The van der Waals surface area contributed by atoms with E-state index in [4.69, 9.17) is 14.0 Å². The van der Waals surface area contributed by atoms with Crippen LogP contribution in [0.4, 0.5) is 0 Å². The van der Waals surface area contributed by atoms with Crippen LogP contribution < -0.4 is 15.5 Å². The highest BCUT2D eigenvalue weighted by Crippen LogP contribution is 2.36. The van der Waals surface area contributed by atoms with Gasteiger partial charge in [-0.25, -0.2) is 0 Å². The SMILES string of the molecule is CCNC(=O)COc1ccc2ccc(B3OC(C)(C)C(C)(C)O3)cc2c1. The molecule has 0 bridgehead atoms. The van der Waals surface area contributed by atoms with Crippen LogP contribution in [-0.2, 0) is 14.1 Å². The van der Waals surface area contributed by atoms with Crippen LogP contribution in [0.2, 0.25) is 0 Å². The summed E-state index contributed by atoms with van der Waals surface area (Å²) in [5, 5.41) is 4.83. The molecule has 1 amide bonds. The third-order valence-corrected chi connectivity index (χ3v) is 5.11. The lowest BCUT2D eigenvalue weighted by Crippen LogP contribution is -2.41. The molecule has 2 aromatic rings. The molecule has 1 N–H and O–H groups in total. The molecule has 1 aliphatic rings. The summed E-state index contributed by atoms with van der Waals surface area (Å²) in [4.78, 5) is 11.6. The molecular formula is C20H26BNO4. The number of rotatable bonds is 5. The van der Waals surface area contributed by atoms with E-state index >= 15 is 0 Å². The summed E-state index contributed by atoms with van der Waals surface area (Å²) < 4.78 is 17.8.